The van der Waals surface area contributed by atoms with Crippen molar-refractivity contribution in [2.24, 2.45) is 5.92 Å². The number of thioether (sulfide) groups is 1. The van der Waals surface area contributed by atoms with Gasteiger partial charge in [0.05, 0.1) is 18.1 Å². The minimum absolute atomic E-state index is 0.192. The van der Waals surface area contributed by atoms with Crippen LogP contribution in [-0.2, 0) is 20.7 Å². The predicted molar refractivity (Wildman–Crippen MR) is 165 cm³/mol. The molecule has 10 heteroatoms. The maximum atomic E-state index is 13.3. The maximum absolute atomic E-state index is 13.3. The third kappa shape index (κ3) is 8.88. The van der Waals surface area contributed by atoms with E-state index >= 15 is 0 Å². The first-order valence-corrected chi connectivity index (χ1v) is 14.7. The summed E-state index contributed by atoms with van der Waals surface area (Å²) in [6.07, 6.45) is 1.78. The van der Waals surface area contributed by atoms with Crippen LogP contribution in [0, 0.1) is 11.7 Å². The molecule has 0 aliphatic carbocycles. The number of carbonyl (C=O) groups is 2. The molecular formula is C32H32FNO6S2. The summed E-state index contributed by atoms with van der Waals surface area (Å²) in [6.45, 7) is 4.88. The molecule has 1 fully saturated rings. The van der Waals surface area contributed by atoms with Gasteiger partial charge in [0.2, 0.25) is 0 Å². The van der Waals surface area contributed by atoms with Gasteiger partial charge in [0.15, 0.2) is 11.5 Å². The maximum Gasteiger partial charge on any atom is 0.323 e. The minimum atomic E-state index is -1.14. The summed E-state index contributed by atoms with van der Waals surface area (Å²) >= 11 is 6.28. The molecule has 220 valence electrons. The second-order valence-electron chi connectivity index (χ2n) is 10.0. The molecule has 1 amide bonds. The smallest absolute Gasteiger partial charge is 0.323 e. The van der Waals surface area contributed by atoms with Gasteiger partial charge >= 0.3 is 5.97 Å². The molecule has 3 aromatic carbocycles. The van der Waals surface area contributed by atoms with E-state index in [0.717, 1.165) is 27.8 Å². The van der Waals surface area contributed by atoms with Crippen LogP contribution in [0.15, 0.2) is 77.7 Å². The summed E-state index contributed by atoms with van der Waals surface area (Å²) in [5.41, 5.74) is 2.52. The van der Waals surface area contributed by atoms with Crippen molar-refractivity contribution in [1.29, 1.82) is 0 Å². The molecule has 1 aliphatic rings. The number of ether oxygens (including phenoxy) is 3. The van der Waals surface area contributed by atoms with E-state index in [1.54, 1.807) is 36.4 Å². The highest BCUT2D eigenvalue weighted by molar-refractivity contribution is 8.26. The zero-order valence-electron chi connectivity index (χ0n) is 23.3. The number of hydrogen-bond acceptors (Lipinski definition) is 7. The van der Waals surface area contributed by atoms with E-state index in [9.17, 15) is 14.0 Å². The number of thiocarbonyl (C=S) groups is 1. The van der Waals surface area contributed by atoms with Crippen molar-refractivity contribution >= 4 is 46.3 Å². The lowest BCUT2D eigenvalue weighted by Gasteiger charge is -2.22. The zero-order chi connectivity index (χ0) is 30.1. The highest BCUT2D eigenvalue weighted by Crippen LogP contribution is 2.36. The second-order valence-corrected chi connectivity index (χ2v) is 11.7. The average molecular weight is 610 g/mol. The van der Waals surface area contributed by atoms with E-state index in [1.807, 2.05) is 30.3 Å². The first kappa shape index (κ1) is 31.2. The van der Waals surface area contributed by atoms with Gasteiger partial charge in [0.25, 0.3) is 5.91 Å². The largest absolute Gasteiger partial charge is 0.489 e. The lowest BCUT2D eigenvalue weighted by atomic mass is 10.1. The van der Waals surface area contributed by atoms with Gasteiger partial charge in [-0.2, -0.15) is 0 Å². The first-order valence-electron chi connectivity index (χ1n) is 13.5. The van der Waals surface area contributed by atoms with Gasteiger partial charge in [-0.25, -0.2) is 4.39 Å². The second kappa shape index (κ2) is 14.9. The van der Waals surface area contributed by atoms with Crippen molar-refractivity contribution in [3.63, 3.8) is 0 Å². The molecule has 42 heavy (non-hydrogen) atoms. The highest BCUT2D eigenvalue weighted by Gasteiger charge is 2.33. The van der Waals surface area contributed by atoms with Gasteiger partial charge in [-0.3, -0.25) is 14.5 Å². The van der Waals surface area contributed by atoms with Crippen LogP contribution in [0.3, 0.4) is 0 Å². The normalized spacial score (nSPS) is 15.0. The summed E-state index contributed by atoms with van der Waals surface area (Å²) < 4.78 is 32.1. The number of benzene rings is 3. The van der Waals surface area contributed by atoms with Crippen LogP contribution < -0.4 is 9.47 Å². The average Bonchev–Trinajstić information content (AvgIpc) is 3.21. The van der Waals surface area contributed by atoms with E-state index in [0.29, 0.717) is 54.1 Å². The van der Waals surface area contributed by atoms with E-state index in [4.69, 9.17) is 31.5 Å². The number of halogens is 1. The molecule has 0 saturated carbocycles. The quantitative estimate of drug-likeness (QED) is 0.163. The summed E-state index contributed by atoms with van der Waals surface area (Å²) in [6, 6.07) is 21.3. The highest BCUT2D eigenvalue weighted by atomic mass is 32.2. The number of carboxylic acid groups (broad SMARTS) is 1. The SMILES string of the molecule is CC(C)COCC(Oc1cc(/C=C2\SC(=S)N(CC(=O)O)C2=O)ccc1OCCc1ccc(F)cc1)c1ccccc1. The fourth-order valence-corrected chi connectivity index (χ4v) is 5.36. The number of rotatable bonds is 14. The van der Waals surface area contributed by atoms with Crippen molar-refractivity contribution in [2.45, 2.75) is 26.4 Å². The van der Waals surface area contributed by atoms with E-state index < -0.39 is 24.5 Å². The number of amides is 1. The van der Waals surface area contributed by atoms with Crippen LogP contribution in [0.5, 0.6) is 11.5 Å². The summed E-state index contributed by atoms with van der Waals surface area (Å²) in [5.74, 6) is -0.591. The fraction of sp³-hybridized carbons (Fsp3) is 0.281. The first-order chi connectivity index (χ1) is 20.2. The Hall–Kier alpha value is -3.73. The van der Waals surface area contributed by atoms with Gasteiger partial charge in [-0.1, -0.05) is 86.4 Å². The van der Waals surface area contributed by atoms with Crippen molar-refractivity contribution < 1.29 is 33.3 Å². The number of hydrogen-bond donors (Lipinski definition) is 1. The molecular weight excluding hydrogens is 577 g/mol. The zero-order valence-corrected chi connectivity index (χ0v) is 25.0. The van der Waals surface area contributed by atoms with Crippen molar-refractivity contribution in [1.82, 2.24) is 4.90 Å². The van der Waals surface area contributed by atoms with E-state index in [2.05, 4.69) is 13.8 Å². The van der Waals surface area contributed by atoms with E-state index in [-0.39, 0.29) is 10.1 Å². The van der Waals surface area contributed by atoms with Crippen molar-refractivity contribution in [3.8, 4) is 11.5 Å². The third-order valence-corrected chi connectivity index (χ3v) is 7.53. The number of aliphatic carboxylic acids is 1. The Balaban J connectivity index is 1.61. The molecule has 0 bridgehead atoms. The van der Waals surface area contributed by atoms with Crippen LogP contribution in [0.1, 0.15) is 36.6 Å². The summed E-state index contributed by atoms with van der Waals surface area (Å²) in [5, 5.41) is 9.14. The van der Waals surface area contributed by atoms with Crippen molar-refractivity contribution in [2.75, 3.05) is 26.4 Å². The van der Waals surface area contributed by atoms with Crippen LogP contribution in [0.2, 0.25) is 0 Å². The Morgan fingerprint density at radius 1 is 1.05 bits per heavy atom. The van der Waals surface area contributed by atoms with Crippen LogP contribution in [-0.4, -0.2) is 52.6 Å². The Kier molecular flexibility index (Phi) is 11.1. The Labute approximate surface area is 254 Å². The van der Waals surface area contributed by atoms with Gasteiger partial charge in [-0.05, 0) is 52.9 Å². The molecule has 7 nitrogen and oxygen atoms in total. The van der Waals surface area contributed by atoms with Gasteiger partial charge in [-0.15, -0.1) is 0 Å². The Bertz CT molecular complexity index is 1430. The van der Waals surface area contributed by atoms with Gasteiger partial charge in [0.1, 0.15) is 22.8 Å². The van der Waals surface area contributed by atoms with Gasteiger partial charge in [0, 0.05) is 13.0 Å². The van der Waals surface area contributed by atoms with Crippen molar-refractivity contribution in [3.05, 3.63) is 100 Å². The number of carbonyl (C=O) groups excluding carboxylic acids is 1. The summed E-state index contributed by atoms with van der Waals surface area (Å²) in [4.78, 5) is 25.4. The standard InChI is InChI=1S/C32H32FNO6S2/c1-21(2)19-38-20-28(24-6-4-3-5-7-24)40-27-16-23(17-29-31(37)34(18-30(35)36)32(41)42-29)10-13-26(27)39-15-14-22-8-11-25(33)12-9-22/h3-13,16-17,21,28H,14-15,18-20H2,1-2H3,(H,35,36)/b29-17-. The van der Waals surface area contributed by atoms with Crippen LogP contribution in [0.25, 0.3) is 6.08 Å². The Morgan fingerprint density at radius 2 is 1.79 bits per heavy atom. The molecule has 0 spiro atoms. The third-order valence-electron chi connectivity index (χ3n) is 6.16. The predicted octanol–water partition coefficient (Wildman–Crippen LogP) is 6.53. The molecule has 3 aromatic rings. The summed E-state index contributed by atoms with van der Waals surface area (Å²) in [7, 11) is 0. The molecule has 1 atom stereocenters. The number of nitrogens with zero attached hydrogens (tertiary/aromatic N) is 1. The fourth-order valence-electron chi connectivity index (χ4n) is 4.11. The molecule has 1 N–H and O–H groups in total. The molecule has 4 rings (SSSR count). The van der Waals surface area contributed by atoms with Crippen LogP contribution in [0.4, 0.5) is 4.39 Å². The van der Waals surface area contributed by atoms with E-state index in [1.165, 1.54) is 12.1 Å². The molecule has 1 unspecified atom stereocenters. The molecule has 0 aromatic heterocycles. The minimum Gasteiger partial charge on any atom is -0.489 e. The molecule has 1 saturated heterocycles. The molecule has 1 aliphatic heterocycles. The van der Waals surface area contributed by atoms with Gasteiger partial charge < -0.3 is 19.3 Å². The monoisotopic (exact) mass is 609 g/mol. The molecule has 0 radical (unpaired) electrons. The lowest BCUT2D eigenvalue weighted by molar-refractivity contribution is -0.140. The lowest BCUT2D eigenvalue weighted by Crippen LogP contribution is -2.33. The van der Waals surface area contributed by atoms with Crippen LogP contribution >= 0.6 is 24.0 Å². The Morgan fingerprint density at radius 3 is 2.48 bits per heavy atom. The molecule has 1 heterocycles. The topological polar surface area (TPSA) is 85.3 Å². The number of carboxylic acids is 1.